The van der Waals surface area contributed by atoms with E-state index in [0.29, 0.717) is 19.6 Å². The summed E-state index contributed by atoms with van der Waals surface area (Å²) in [6.07, 6.45) is 0.251. The number of carbonyl (C=O) groups is 1. The highest BCUT2D eigenvalue weighted by Crippen LogP contribution is 1.90. The summed E-state index contributed by atoms with van der Waals surface area (Å²) in [5, 5.41) is 28.0. The van der Waals surface area contributed by atoms with Gasteiger partial charge in [0.15, 0.2) is 0 Å². The van der Waals surface area contributed by atoms with E-state index in [1.807, 2.05) is 0 Å². The molecule has 0 aliphatic heterocycles. The molecule has 6 heteroatoms. The number of carbonyl (C=O) groups excluding carboxylic acids is 1. The summed E-state index contributed by atoms with van der Waals surface area (Å²) in [4.78, 5) is 12.7. The van der Waals surface area contributed by atoms with E-state index in [4.69, 9.17) is 15.3 Å². The second-order valence-electron chi connectivity index (χ2n) is 2.80. The highest BCUT2D eigenvalue weighted by atomic mass is 16.3. The van der Waals surface area contributed by atoms with Crippen molar-refractivity contribution in [2.24, 2.45) is 0 Å². The monoisotopic (exact) mass is 206 g/mol. The summed E-state index contributed by atoms with van der Waals surface area (Å²) < 4.78 is 0. The summed E-state index contributed by atoms with van der Waals surface area (Å²) in [6.45, 7) is 0.981. The smallest absolute Gasteiger partial charge is 0.223 e. The molecule has 14 heavy (non-hydrogen) atoms. The number of aliphatic hydroxyl groups is 3. The van der Waals surface area contributed by atoms with Gasteiger partial charge in [-0.15, -0.1) is 0 Å². The van der Waals surface area contributed by atoms with Gasteiger partial charge < -0.3 is 20.6 Å². The van der Waals surface area contributed by atoms with Crippen molar-refractivity contribution in [3.63, 3.8) is 0 Å². The van der Waals surface area contributed by atoms with Gasteiger partial charge in [0, 0.05) is 26.1 Å². The number of rotatable bonds is 8. The van der Waals surface area contributed by atoms with E-state index in [2.05, 4.69) is 5.32 Å². The number of aliphatic hydroxyl groups excluding tert-OH is 3. The molecule has 0 fully saturated rings. The first-order valence-corrected chi connectivity index (χ1v) is 4.56. The van der Waals surface area contributed by atoms with E-state index in [0.717, 1.165) is 0 Å². The molecule has 84 valence electrons. The van der Waals surface area contributed by atoms with Gasteiger partial charge >= 0.3 is 0 Å². The predicted molar refractivity (Wildman–Crippen MR) is 50.5 cm³/mol. The fourth-order valence-corrected chi connectivity index (χ4v) is 1.05. The molecule has 0 unspecified atom stereocenters. The van der Waals surface area contributed by atoms with E-state index < -0.39 is 0 Å². The first kappa shape index (κ1) is 13.3. The van der Waals surface area contributed by atoms with Crippen LogP contribution < -0.4 is 5.32 Å². The minimum atomic E-state index is -0.362. The van der Waals surface area contributed by atoms with Gasteiger partial charge in [-0.3, -0.25) is 9.69 Å². The zero-order valence-corrected chi connectivity index (χ0v) is 8.15. The Hall–Kier alpha value is -0.690. The number of nitrogens with zero attached hydrogens (tertiary/aromatic N) is 1. The fourth-order valence-electron chi connectivity index (χ4n) is 1.05. The van der Waals surface area contributed by atoms with Gasteiger partial charge in [-0.1, -0.05) is 0 Å². The Morgan fingerprint density at radius 1 is 1.07 bits per heavy atom. The molecule has 0 bridgehead atoms. The lowest BCUT2D eigenvalue weighted by Gasteiger charge is -2.19. The number of hydrogen-bond donors (Lipinski definition) is 4. The van der Waals surface area contributed by atoms with E-state index in [1.165, 1.54) is 0 Å². The lowest BCUT2D eigenvalue weighted by molar-refractivity contribution is -0.122. The van der Waals surface area contributed by atoms with Gasteiger partial charge in [-0.05, 0) is 0 Å². The van der Waals surface area contributed by atoms with E-state index in [1.54, 1.807) is 4.90 Å². The van der Waals surface area contributed by atoms with Crippen LogP contribution in [-0.2, 0) is 4.79 Å². The second-order valence-corrected chi connectivity index (χ2v) is 2.80. The number of nitrogens with one attached hydrogen (secondary N) is 1. The maximum atomic E-state index is 10.9. The molecule has 0 radical (unpaired) electrons. The van der Waals surface area contributed by atoms with Crippen molar-refractivity contribution in [3.8, 4) is 0 Å². The number of amides is 1. The molecule has 0 aliphatic carbocycles. The fraction of sp³-hybridized carbons (Fsp3) is 0.875. The van der Waals surface area contributed by atoms with Crippen molar-refractivity contribution < 1.29 is 20.1 Å². The molecule has 0 aromatic heterocycles. The summed E-state index contributed by atoms with van der Waals surface area (Å²) in [7, 11) is 0. The maximum absolute atomic E-state index is 10.9. The molecule has 0 saturated heterocycles. The Morgan fingerprint density at radius 3 is 2.07 bits per heavy atom. The van der Waals surface area contributed by atoms with Crippen LogP contribution in [0, 0.1) is 0 Å². The third kappa shape index (κ3) is 6.79. The first-order valence-electron chi connectivity index (χ1n) is 4.56. The summed E-state index contributed by atoms with van der Waals surface area (Å²) in [5.41, 5.74) is 0. The van der Waals surface area contributed by atoms with Crippen molar-refractivity contribution in [2.45, 2.75) is 6.42 Å². The van der Waals surface area contributed by atoms with Crippen molar-refractivity contribution in [1.29, 1.82) is 0 Å². The summed E-state index contributed by atoms with van der Waals surface area (Å²) >= 11 is 0. The largest absolute Gasteiger partial charge is 0.395 e. The van der Waals surface area contributed by atoms with Crippen LogP contribution in [0.25, 0.3) is 0 Å². The zero-order valence-electron chi connectivity index (χ0n) is 8.15. The molecular weight excluding hydrogens is 188 g/mol. The second kappa shape index (κ2) is 8.89. The van der Waals surface area contributed by atoms with Crippen molar-refractivity contribution in [3.05, 3.63) is 0 Å². The van der Waals surface area contributed by atoms with Crippen molar-refractivity contribution in [1.82, 2.24) is 10.2 Å². The zero-order chi connectivity index (χ0) is 10.8. The molecule has 0 aromatic rings. The molecule has 1 amide bonds. The Morgan fingerprint density at radius 2 is 1.64 bits per heavy atom. The minimum absolute atomic E-state index is 0.00161. The van der Waals surface area contributed by atoms with Crippen LogP contribution in [0.2, 0.25) is 0 Å². The molecule has 0 aromatic carbocycles. The van der Waals surface area contributed by atoms with Gasteiger partial charge in [-0.2, -0.15) is 0 Å². The van der Waals surface area contributed by atoms with Crippen LogP contribution >= 0.6 is 0 Å². The third-order valence-corrected chi connectivity index (χ3v) is 1.76. The topological polar surface area (TPSA) is 93.0 Å². The van der Waals surface area contributed by atoms with Crippen LogP contribution in [0.4, 0.5) is 0 Å². The molecule has 0 heterocycles. The van der Waals surface area contributed by atoms with Crippen LogP contribution in [0.5, 0.6) is 0 Å². The normalized spacial score (nSPS) is 10.6. The van der Waals surface area contributed by atoms with E-state index in [9.17, 15) is 4.79 Å². The SMILES string of the molecule is O=C(CCN(CCO)CCO)NCO. The molecule has 4 N–H and O–H groups in total. The number of hydrogen-bond acceptors (Lipinski definition) is 5. The first-order chi connectivity index (χ1) is 6.74. The van der Waals surface area contributed by atoms with Gasteiger partial charge in [0.1, 0.15) is 6.73 Å². The van der Waals surface area contributed by atoms with Crippen LogP contribution in [0.15, 0.2) is 0 Å². The van der Waals surface area contributed by atoms with Gasteiger partial charge in [0.25, 0.3) is 0 Å². The molecular formula is C8H18N2O4. The lowest BCUT2D eigenvalue weighted by atomic mass is 10.3. The van der Waals surface area contributed by atoms with Gasteiger partial charge in [0.2, 0.25) is 5.91 Å². The average molecular weight is 206 g/mol. The van der Waals surface area contributed by atoms with E-state index >= 15 is 0 Å². The average Bonchev–Trinajstić information content (AvgIpc) is 2.15. The van der Waals surface area contributed by atoms with Gasteiger partial charge in [0.05, 0.1) is 13.2 Å². The molecule has 0 saturated carbocycles. The third-order valence-electron chi connectivity index (χ3n) is 1.76. The molecule has 0 aliphatic rings. The van der Waals surface area contributed by atoms with E-state index in [-0.39, 0.29) is 32.3 Å². The Bertz CT molecular complexity index is 148. The Labute approximate surface area is 83.1 Å². The lowest BCUT2D eigenvalue weighted by Crippen LogP contribution is -2.34. The molecule has 0 atom stereocenters. The molecule has 0 rings (SSSR count). The predicted octanol–water partition coefficient (Wildman–Crippen LogP) is -2.27. The Balaban J connectivity index is 3.63. The summed E-state index contributed by atoms with van der Waals surface area (Å²) in [5.74, 6) is -0.242. The maximum Gasteiger partial charge on any atom is 0.223 e. The molecule has 6 nitrogen and oxygen atoms in total. The standard InChI is InChI=1S/C8H18N2O4/c11-5-3-10(4-6-12)2-1-8(14)9-7-13/h11-13H,1-7H2,(H,9,14). The summed E-state index contributed by atoms with van der Waals surface area (Å²) in [6, 6.07) is 0. The van der Waals surface area contributed by atoms with Crippen LogP contribution in [-0.4, -0.2) is 65.7 Å². The minimum Gasteiger partial charge on any atom is -0.395 e. The van der Waals surface area contributed by atoms with Crippen molar-refractivity contribution >= 4 is 5.91 Å². The quantitative estimate of drug-likeness (QED) is 0.336. The highest BCUT2D eigenvalue weighted by Gasteiger charge is 2.06. The van der Waals surface area contributed by atoms with Crippen LogP contribution in [0.3, 0.4) is 0 Å². The highest BCUT2D eigenvalue weighted by molar-refractivity contribution is 5.75. The molecule has 0 spiro atoms. The van der Waals surface area contributed by atoms with Crippen LogP contribution in [0.1, 0.15) is 6.42 Å². The van der Waals surface area contributed by atoms with Crippen molar-refractivity contribution in [2.75, 3.05) is 39.6 Å². The Kier molecular flexibility index (Phi) is 8.45. The van der Waals surface area contributed by atoms with Gasteiger partial charge in [-0.25, -0.2) is 0 Å².